The molecule has 74 heavy (non-hydrogen) atoms. The van der Waals surface area contributed by atoms with Gasteiger partial charge in [-0.3, -0.25) is 4.79 Å². The van der Waals surface area contributed by atoms with Gasteiger partial charge in [-0.2, -0.15) is 0 Å². The molecule has 1 aliphatic heterocycles. The van der Waals surface area contributed by atoms with E-state index in [1.807, 2.05) is 6.08 Å². The minimum atomic E-state index is -1.57. The topological polar surface area (TPSA) is 149 Å². The van der Waals surface area contributed by atoms with Crippen LogP contribution in [0.2, 0.25) is 0 Å². The normalized spacial score (nSPS) is 19.4. The fourth-order valence-corrected chi connectivity index (χ4v) is 9.92. The maximum absolute atomic E-state index is 13.1. The van der Waals surface area contributed by atoms with Gasteiger partial charge in [0.05, 0.1) is 25.4 Å². The molecular weight excluding hydrogens is 923 g/mol. The summed E-state index contributed by atoms with van der Waals surface area (Å²) in [5.41, 5.74) is 0. The van der Waals surface area contributed by atoms with Gasteiger partial charge in [0, 0.05) is 6.42 Å². The van der Waals surface area contributed by atoms with Crippen LogP contribution in [0, 0.1) is 0 Å². The van der Waals surface area contributed by atoms with Gasteiger partial charge in [0.15, 0.2) is 6.29 Å². The lowest BCUT2D eigenvalue weighted by molar-refractivity contribution is -0.302. The van der Waals surface area contributed by atoms with Gasteiger partial charge >= 0.3 is 0 Å². The summed E-state index contributed by atoms with van der Waals surface area (Å²) < 4.78 is 11.3. The molecule has 432 valence electrons. The lowest BCUT2D eigenvalue weighted by Gasteiger charge is -2.40. The summed E-state index contributed by atoms with van der Waals surface area (Å²) in [6.45, 7) is 3.69. The summed E-state index contributed by atoms with van der Waals surface area (Å²) in [6, 6.07) is -0.804. The van der Waals surface area contributed by atoms with Crippen LogP contribution in [0.25, 0.3) is 0 Å². The van der Waals surface area contributed by atoms with E-state index in [2.05, 4.69) is 67.8 Å². The zero-order valence-corrected chi connectivity index (χ0v) is 48.1. The largest absolute Gasteiger partial charge is 0.394 e. The van der Waals surface area contributed by atoms with Crippen LogP contribution in [0.4, 0.5) is 0 Å². The first-order valence-electron chi connectivity index (χ1n) is 31.5. The van der Waals surface area contributed by atoms with Crippen LogP contribution in [0.5, 0.6) is 0 Å². The third kappa shape index (κ3) is 42.9. The van der Waals surface area contributed by atoms with E-state index in [0.717, 1.165) is 64.2 Å². The highest BCUT2D eigenvalue weighted by Crippen LogP contribution is 2.23. The Hall–Kier alpha value is -2.11. The molecule has 0 radical (unpaired) electrons. The van der Waals surface area contributed by atoms with Crippen LogP contribution in [0.15, 0.2) is 60.8 Å². The Balaban J connectivity index is 2.10. The number of unbranched alkanes of at least 4 members (excludes halogenated alkanes) is 36. The number of ether oxygens (including phenoxy) is 2. The number of hydrogen-bond acceptors (Lipinski definition) is 8. The number of hydrogen-bond donors (Lipinski definition) is 6. The summed E-state index contributed by atoms with van der Waals surface area (Å²) in [5, 5.41) is 54.6. The maximum atomic E-state index is 13.1. The molecule has 9 heteroatoms. The number of carbonyl (C=O) groups excluding carboxylic acids is 1. The maximum Gasteiger partial charge on any atom is 0.220 e. The van der Waals surface area contributed by atoms with Crippen molar-refractivity contribution in [2.75, 3.05) is 13.2 Å². The highest BCUT2D eigenvalue weighted by molar-refractivity contribution is 5.76. The summed E-state index contributed by atoms with van der Waals surface area (Å²) in [7, 11) is 0. The number of nitrogens with one attached hydrogen (secondary N) is 1. The van der Waals surface area contributed by atoms with Gasteiger partial charge in [0.1, 0.15) is 24.4 Å². The number of aliphatic hydroxyl groups excluding tert-OH is 5. The monoisotopic (exact) mass is 1040 g/mol. The quantitative estimate of drug-likeness (QED) is 0.0261. The standard InChI is InChI=1S/C65H119NO8/c1-3-5-7-9-11-13-15-17-19-21-22-23-24-25-26-27-28-29-30-31-32-33-34-35-36-37-38-39-41-43-45-47-49-51-53-55-61(69)66-58(57-73-65-64(72)63(71)62(70)60(56-67)74-65)59(68)54-52-50-48-46-44-42-40-20-18-16-14-12-10-8-6-4-2/h5,7,11,13,17,19,22-23,52,54,58-60,62-65,67-68,70-72H,3-4,6,8-10,12,14-16,18,20-21,24-51,53,55-57H2,1-2H3,(H,66,69)/b7-5-,13-11-,19-17-,23-22-,54-52+. The molecule has 0 bridgehead atoms. The van der Waals surface area contributed by atoms with Gasteiger partial charge in [-0.05, 0) is 57.8 Å². The van der Waals surface area contributed by atoms with Crippen LogP contribution < -0.4 is 5.32 Å². The van der Waals surface area contributed by atoms with Crippen molar-refractivity contribution in [3.05, 3.63) is 60.8 Å². The van der Waals surface area contributed by atoms with Crippen molar-refractivity contribution in [1.82, 2.24) is 5.32 Å². The van der Waals surface area contributed by atoms with Crippen molar-refractivity contribution >= 4 is 5.91 Å². The number of amides is 1. The smallest absolute Gasteiger partial charge is 0.220 e. The Morgan fingerprint density at radius 3 is 1.24 bits per heavy atom. The predicted molar refractivity (Wildman–Crippen MR) is 313 cm³/mol. The highest BCUT2D eigenvalue weighted by Gasteiger charge is 2.44. The molecule has 1 heterocycles. The van der Waals surface area contributed by atoms with Crippen LogP contribution in [-0.4, -0.2) is 87.5 Å². The Labute approximate surface area is 456 Å². The number of aliphatic hydroxyl groups is 5. The van der Waals surface area contributed by atoms with Crippen LogP contribution >= 0.6 is 0 Å². The second kappa shape index (κ2) is 54.3. The molecule has 1 amide bonds. The fraction of sp³-hybridized carbons (Fsp3) is 0.831. The van der Waals surface area contributed by atoms with Crippen molar-refractivity contribution in [3.8, 4) is 0 Å². The molecule has 0 aromatic heterocycles. The predicted octanol–water partition coefficient (Wildman–Crippen LogP) is 16.2. The van der Waals surface area contributed by atoms with Crippen molar-refractivity contribution in [2.45, 2.75) is 333 Å². The summed E-state index contributed by atoms with van der Waals surface area (Å²) in [4.78, 5) is 13.1. The fourth-order valence-electron chi connectivity index (χ4n) is 9.92. The molecule has 1 aliphatic rings. The molecule has 0 saturated carbocycles. The summed E-state index contributed by atoms with van der Waals surface area (Å²) in [6.07, 6.45) is 67.4. The van der Waals surface area contributed by atoms with Crippen molar-refractivity contribution in [2.24, 2.45) is 0 Å². The highest BCUT2D eigenvalue weighted by atomic mass is 16.7. The van der Waals surface area contributed by atoms with E-state index in [-0.39, 0.29) is 12.5 Å². The lowest BCUT2D eigenvalue weighted by atomic mass is 9.99. The molecule has 1 fully saturated rings. The van der Waals surface area contributed by atoms with Crippen molar-refractivity contribution in [1.29, 1.82) is 0 Å². The molecule has 1 saturated heterocycles. The summed E-state index contributed by atoms with van der Waals surface area (Å²) >= 11 is 0. The van der Waals surface area contributed by atoms with E-state index in [9.17, 15) is 30.3 Å². The number of carbonyl (C=O) groups is 1. The third-order valence-corrected chi connectivity index (χ3v) is 14.8. The van der Waals surface area contributed by atoms with E-state index in [4.69, 9.17) is 9.47 Å². The van der Waals surface area contributed by atoms with Crippen LogP contribution in [0.1, 0.15) is 290 Å². The van der Waals surface area contributed by atoms with E-state index in [1.165, 1.54) is 205 Å². The molecule has 9 nitrogen and oxygen atoms in total. The molecular formula is C65H119NO8. The number of allylic oxidation sites excluding steroid dienone is 9. The Bertz CT molecular complexity index is 1350. The van der Waals surface area contributed by atoms with Crippen molar-refractivity contribution in [3.63, 3.8) is 0 Å². The molecule has 0 aromatic rings. The first-order chi connectivity index (χ1) is 36.3. The average Bonchev–Trinajstić information content (AvgIpc) is 3.40. The first-order valence-corrected chi connectivity index (χ1v) is 31.5. The van der Waals surface area contributed by atoms with E-state index >= 15 is 0 Å². The van der Waals surface area contributed by atoms with Gasteiger partial charge in [0.25, 0.3) is 0 Å². The first kappa shape index (κ1) is 69.9. The molecule has 0 spiro atoms. The molecule has 6 N–H and O–H groups in total. The molecule has 1 rings (SSSR count). The minimum Gasteiger partial charge on any atom is -0.394 e. The average molecular weight is 1040 g/mol. The lowest BCUT2D eigenvalue weighted by Crippen LogP contribution is -2.60. The van der Waals surface area contributed by atoms with Crippen LogP contribution in [0.3, 0.4) is 0 Å². The molecule has 7 atom stereocenters. The second-order valence-electron chi connectivity index (χ2n) is 21.8. The second-order valence-corrected chi connectivity index (χ2v) is 21.8. The SMILES string of the molecule is CC/C=C\C/C=C\C/C=C\C/C=C\CCCCCCCCCCCCCCCCCCCCCCCCC(=O)NC(COC1OC(CO)C(O)C(O)C1O)C(O)/C=C/CCCCCCCCCCCCCCCC. The van der Waals surface area contributed by atoms with Gasteiger partial charge in [0.2, 0.25) is 5.91 Å². The van der Waals surface area contributed by atoms with Gasteiger partial charge < -0.3 is 40.3 Å². The third-order valence-electron chi connectivity index (χ3n) is 14.8. The number of rotatable bonds is 54. The molecule has 7 unspecified atom stereocenters. The van der Waals surface area contributed by atoms with E-state index in [1.54, 1.807) is 6.08 Å². The molecule has 0 aromatic carbocycles. The van der Waals surface area contributed by atoms with Crippen LogP contribution in [-0.2, 0) is 14.3 Å². The Kier molecular flexibility index (Phi) is 51.3. The minimum absolute atomic E-state index is 0.173. The van der Waals surface area contributed by atoms with E-state index < -0.39 is 49.5 Å². The Morgan fingerprint density at radius 2 is 0.838 bits per heavy atom. The molecule has 0 aliphatic carbocycles. The Morgan fingerprint density at radius 1 is 0.473 bits per heavy atom. The zero-order chi connectivity index (χ0) is 53.6. The van der Waals surface area contributed by atoms with Crippen molar-refractivity contribution < 1.29 is 39.8 Å². The van der Waals surface area contributed by atoms with Gasteiger partial charge in [-0.25, -0.2) is 0 Å². The van der Waals surface area contributed by atoms with Gasteiger partial charge in [-0.15, -0.1) is 0 Å². The summed E-state index contributed by atoms with van der Waals surface area (Å²) in [5.74, 6) is -0.173. The zero-order valence-electron chi connectivity index (χ0n) is 48.1. The van der Waals surface area contributed by atoms with E-state index in [0.29, 0.717) is 6.42 Å². The van der Waals surface area contributed by atoms with Gasteiger partial charge in [-0.1, -0.05) is 286 Å².